The molecule has 15 heavy (non-hydrogen) atoms. The van der Waals surface area contributed by atoms with Gasteiger partial charge in [0.05, 0.1) is 19.8 Å². The van der Waals surface area contributed by atoms with E-state index in [1.807, 2.05) is 6.07 Å². The molecule has 0 aliphatic rings. The molecule has 0 aromatic heterocycles. The molecule has 5 heteroatoms. The minimum atomic E-state index is -0.612. The van der Waals surface area contributed by atoms with Gasteiger partial charge in [0.25, 0.3) is 0 Å². The molecule has 0 spiro atoms. The summed E-state index contributed by atoms with van der Waals surface area (Å²) < 4.78 is 9.59. The van der Waals surface area contributed by atoms with Crippen molar-refractivity contribution in [3.05, 3.63) is 23.3 Å². The Hall–Kier alpha value is -1.67. The smallest absolute Gasteiger partial charge is 0.343 e. The van der Waals surface area contributed by atoms with Crippen LogP contribution in [0.5, 0.6) is 5.75 Å². The van der Waals surface area contributed by atoms with Gasteiger partial charge >= 0.3 is 5.97 Å². The number of methoxy groups -OCH3 is 2. The second kappa shape index (κ2) is 4.71. The van der Waals surface area contributed by atoms with Crippen molar-refractivity contribution in [3.63, 3.8) is 0 Å². The number of carbonyl (C=O) groups is 1. The largest absolute Gasteiger partial charge is 0.495 e. The number of nitriles is 1. The number of thiol groups is 1. The molecule has 0 bridgehead atoms. The van der Waals surface area contributed by atoms with E-state index in [9.17, 15) is 4.79 Å². The van der Waals surface area contributed by atoms with E-state index in [0.29, 0.717) is 4.90 Å². The summed E-state index contributed by atoms with van der Waals surface area (Å²) in [7, 11) is 2.65. The number of nitrogens with zero attached hydrogens (tertiary/aromatic N) is 1. The Labute approximate surface area is 92.8 Å². The topological polar surface area (TPSA) is 59.3 Å². The van der Waals surface area contributed by atoms with Crippen molar-refractivity contribution in [3.8, 4) is 11.8 Å². The summed E-state index contributed by atoms with van der Waals surface area (Å²) in [6.07, 6.45) is 0. The maximum atomic E-state index is 11.4. The number of esters is 1. The Kier molecular flexibility index (Phi) is 3.58. The molecular weight excluding hydrogens is 214 g/mol. The van der Waals surface area contributed by atoms with Gasteiger partial charge in [0.2, 0.25) is 0 Å². The molecular formula is C10H9NO3S. The summed E-state index contributed by atoms with van der Waals surface area (Å²) in [4.78, 5) is 11.9. The van der Waals surface area contributed by atoms with Crippen LogP contribution in [0.25, 0.3) is 0 Å². The molecule has 0 radical (unpaired) electrons. The highest BCUT2D eigenvalue weighted by Gasteiger charge is 2.20. The lowest BCUT2D eigenvalue weighted by molar-refractivity contribution is 0.0596. The van der Waals surface area contributed by atoms with Crippen LogP contribution in [-0.2, 0) is 4.74 Å². The van der Waals surface area contributed by atoms with Gasteiger partial charge < -0.3 is 9.47 Å². The maximum absolute atomic E-state index is 11.4. The molecule has 0 saturated carbocycles. The Bertz CT molecular complexity index is 437. The third kappa shape index (κ3) is 2.05. The predicted molar refractivity (Wildman–Crippen MR) is 56.3 cm³/mol. The first-order chi connectivity index (χ1) is 7.15. The molecule has 78 valence electrons. The number of hydrogen-bond donors (Lipinski definition) is 1. The lowest BCUT2D eigenvalue weighted by atomic mass is 10.1. The van der Waals surface area contributed by atoms with Crippen LogP contribution < -0.4 is 4.74 Å². The van der Waals surface area contributed by atoms with Crippen molar-refractivity contribution >= 4 is 18.6 Å². The second-order valence-corrected chi connectivity index (χ2v) is 3.13. The zero-order valence-corrected chi connectivity index (χ0v) is 9.17. The van der Waals surface area contributed by atoms with Gasteiger partial charge in [-0.05, 0) is 12.1 Å². The van der Waals surface area contributed by atoms with Crippen LogP contribution in [0.4, 0.5) is 0 Å². The number of ether oxygens (including phenoxy) is 2. The summed E-state index contributed by atoms with van der Waals surface area (Å²) in [5.41, 5.74) is 0.312. The zero-order valence-electron chi connectivity index (χ0n) is 8.27. The molecule has 0 amide bonds. The van der Waals surface area contributed by atoms with E-state index in [1.165, 1.54) is 20.3 Å². The van der Waals surface area contributed by atoms with E-state index >= 15 is 0 Å². The molecule has 0 fully saturated rings. The van der Waals surface area contributed by atoms with Gasteiger partial charge in [0, 0.05) is 4.90 Å². The van der Waals surface area contributed by atoms with Crippen molar-refractivity contribution in [2.75, 3.05) is 14.2 Å². The highest BCUT2D eigenvalue weighted by atomic mass is 32.1. The molecule has 0 atom stereocenters. The fourth-order valence-corrected chi connectivity index (χ4v) is 1.45. The highest BCUT2D eigenvalue weighted by molar-refractivity contribution is 7.80. The Morgan fingerprint density at radius 3 is 2.60 bits per heavy atom. The van der Waals surface area contributed by atoms with Crippen LogP contribution in [0.15, 0.2) is 17.0 Å². The third-order valence-electron chi connectivity index (χ3n) is 1.85. The highest BCUT2D eigenvalue weighted by Crippen LogP contribution is 2.30. The van der Waals surface area contributed by atoms with E-state index in [2.05, 4.69) is 17.4 Å². The van der Waals surface area contributed by atoms with Crippen molar-refractivity contribution in [1.82, 2.24) is 0 Å². The normalized spacial score (nSPS) is 9.20. The van der Waals surface area contributed by atoms with Gasteiger partial charge in [0.15, 0.2) is 0 Å². The third-order valence-corrected chi connectivity index (χ3v) is 2.20. The molecule has 0 unspecified atom stereocenters. The summed E-state index contributed by atoms with van der Waals surface area (Å²) in [5, 5.41) is 8.84. The first-order valence-corrected chi connectivity index (χ1v) is 4.48. The van der Waals surface area contributed by atoms with E-state index < -0.39 is 5.97 Å². The zero-order chi connectivity index (χ0) is 11.4. The lowest BCUT2D eigenvalue weighted by Crippen LogP contribution is -2.07. The van der Waals surface area contributed by atoms with Crippen LogP contribution in [0.2, 0.25) is 0 Å². The average Bonchev–Trinajstić information content (AvgIpc) is 2.27. The van der Waals surface area contributed by atoms with Crippen LogP contribution in [0.1, 0.15) is 15.9 Å². The summed E-state index contributed by atoms with van der Waals surface area (Å²) in [6.45, 7) is 0. The second-order valence-electron chi connectivity index (χ2n) is 2.64. The molecule has 1 aromatic carbocycles. The van der Waals surface area contributed by atoms with E-state index in [1.54, 1.807) is 6.07 Å². The number of benzene rings is 1. The molecule has 0 saturated heterocycles. The Morgan fingerprint density at radius 1 is 1.47 bits per heavy atom. The van der Waals surface area contributed by atoms with E-state index in [0.717, 1.165) is 0 Å². The number of hydrogen-bond acceptors (Lipinski definition) is 5. The molecule has 1 rings (SSSR count). The van der Waals surface area contributed by atoms with Crippen molar-refractivity contribution in [1.29, 1.82) is 5.26 Å². The Balaban J connectivity index is 3.49. The molecule has 1 aromatic rings. The maximum Gasteiger partial charge on any atom is 0.343 e. The summed E-state index contributed by atoms with van der Waals surface area (Å²) in [5.74, 6) is -0.358. The predicted octanol–water partition coefficient (Wildman–Crippen LogP) is 1.64. The van der Waals surface area contributed by atoms with Gasteiger partial charge in [-0.2, -0.15) is 5.26 Å². The van der Waals surface area contributed by atoms with Gasteiger partial charge in [-0.25, -0.2) is 4.79 Å². The monoisotopic (exact) mass is 223 g/mol. The summed E-state index contributed by atoms with van der Waals surface area (Å²) in [6, 6.07) is 4.99. The van der Waals surface area contributed by atoms with Crippen LogP contribution >= 0.6 is 12.6 Å². The van der Waals surface area contributed by atoms with Crippen molar-refractivity contribution in [2.24, 2.45) is 0 Å². The molecule has 4 nitrogen and oxygen atoms in total. The molecule has 0 N–H and O–H groups in total. The van der Waals surface area contributed by atoms with Crippen LogP contribution in [0.3, 0.4) is 0 Å². The number of rotatable bonds is 2. The summed E-state index contributed by atoms with van der Waals surface area (Å²) >= 11 is 4.12. The quantitative estimate of drug-likeness (QED) is 0.611. The van der Waals surface area contributed by atoms with Crippen molar-refractivity contribution in [2.45, 2.75) is 4.90 Å². The van der Waals surface area contributed by atoms with Gasteiger partial charge in [-0.3, -0.25) is 0 Å². The molecule has 0 aliphatic carbocycles. The van der Waals surface area contributed by atoms with Gasteiger partial charge in [0.1, 0.15) is 17.4 Å². The van der Waals surface area contributed by atoms with E-state index in [-0.39, 0.29) is 16.9 Å². The fraction of sp³-hybridized carbons (Fsp3) is 0.200. The Morgan fingerprint density at radius 2 is 2.13 bits per heavy atom. The fourth-order valence-electron chi connectivity index (χ4n) is 1.18. The van der Waals surface area contributed by atoms with Gasteiger partial charge in [-0.1, -0.05) is 0 Å². The van der Waals surface area contributed by atoms with Gasteiger partial charge in [-0.15, -0.1) is 12.6 Å². The average molecular weight is 223 g/mol. The standard InChI is InChI=1S/C10H9NO3S/c1-13-9-7(15)4-3-6(5-11)8(9)10(12)14-2/h3-4,15H,1-2H3. The molecule has 0 heterocycles. The van der Waals surface area contributed by atoms with Crippen LogP contribution in [0, 0.1) is 11.3 Å². The van der Waals surface area contributed by atoms with Crippen LogP contribution in [-0.4, -0.2) is 20.2 Å². The first kappa shape index (κ1) is 11.4. The van der Waals surface area contributed by atoms with E-state index in [4.69, 9.17) is 10.00 Å². The minimum Gasteiger partial charge on any atom is -0.495 e. The first-order valence-electron chi connectivity index (χ1n) is 4.04. The lowest BCUT2D eigenvalue weighted by Gasteiger charge is -2.10. The number of carbonyl (C=O) groups excluding carboxylic acids is 1. The van der Waals surface area contributed by atoms with Crippen molar-refractivity contribution < 1.29 is 14.3 Å². The SMILES string of the molecule is COC(=O)c1c(C#N)ccc(S)c1OC. The minimum absolute atomic E-state index is 0.106. The molecule has 0 aliphatic heterocycles.